The highest BCUT2D eigenvalue weighted by Crippen LogP contribution is 2.29. The quantitative estimate of drug-likeness (QED) is 0.702. The second-order valence-electron chi connectivity index (χ2n) is 6.26. The van der Waals surface area contributed by atoms with E-state index in [2.05, 4.69) is 13.5 Å². The highest BCUT2D eigenvalue weighted by Gasteiger charge is 2.28. The molecule has 5 heteroatoms. The second kappa shape index (κ2) is 9.61. The van der Waals surface area contributed by atoms with Crippen molar-refractivity contribution in [1.29, 1.82) is 0 Å². The van der Waals surface area contributed by atoms with E-state index >= 15 is 0 Å². The van der Waals surface area contributed by atoms with E-state index in [-0.39, 0.29) is 11.9 Å². The molecule has 1 aromatic rings. The zero-order valence-corrected chi connectivity index (χ0v) is 15.1. The largest absolute Gasteiger partial charge is 0.507 e. The van der Waals surface area contributed by atoms with Crippen molar-refractivity contribution in [2.45, 2.75) is 38.6 Å². The van der Waals surface area contributed by atoms with Crippen LogP contribution in [0.15, 0.2) is 53.6 Å². The highest BCUT2D eigenvalue weighted by molar-refractivity contribution is 6.43. The molecular weight excluding hydrogens is 315 g/mol. The molecule has 0 spiro atoms. The second-order valence-corrected chi connectivity index (χ2v) is 6.26. The minimum atomic E-state index is -0.767. The van der Waals surface area contributed by atoms with Crippen LogP contribution < -0.4 is 0 Å². The number of ether oxygens (including phenoxy) is 1. The molecule has 4 nitrogen and oxygen atoms in total. The van der Waals surface area contributed by atoms with Gasteiger partial charge in [0.25, 0.3) is 0 Å². The minimum Gasteiger partial charge on any atom is -0.507 e. The number of allylic oxidation sites excluding steroid dienone is 2. The SMILES string of the molecule is C=C(COC)C1=CCB(O)OC1CC/C(=C/c1ccccc1O)CC. The first-order valence-electron chi connectivity index (χ1n) is 8.73. The van der Waals surface area contributed by atoms with Gasteiger partial charge in [0.15, 0.2) is 0 Å². The highest BCUT2D eigenvalue weighted by atomic mass is 16.5. The Bertz CT molecular complexity index is 651. The summed E-state index contributed by atoms with van der Waals surface area (Å²) in [4.78, 5) is 0. The Hall–Kier alpha value is -1.82. The summed E-state index contributed by atoms with van der Waals surface area (Å²) in [5, 5.41) is 19.8. The maximum atomic E-state index is 9.94. The van der Waals surface area contributed by atoms with Crippen LogP contribution in [-0.4, -0.2) is 37.1 Å². The number of benzene rings is 1. The number of methoxy groups -OCH3 is 1. The maximum absolute atomic E-state index is 9.94. The van der Waals surface area contributed by atoms with Crippen LogP contribution in [0.2, 0.25) is 6.32 Å². The van der Waals surface area contributed by atoms with Crippen molar-refractivity contribution in [1.82, 2.24) is 0 Å². The van der Waals surface area contributed by atoms with E-state index < -0.39 is 7.12 Å². The van der Waals surface area contributed by atoms with E-state index in [9.17, 15) is 10.1 Å². The molecule has 1 atom stereocenters. The predicted octanol–water partition coefficient (Wildman–Crippen LogP) is 3.97. The molecule has 0 bridgehead atoms. The fraction of sp³-hybridized carbons (Fsp3) is 0.400. The van der Waals surface area contributed by atoms with E-state index in [4.69, 9.17) is 9.39 Å². The summed E-state index contributed by atoms with van der Waals surface area (Å²) in [6, 6.07) is 7.32. The minimum absolute atomic E-state index is 0.189. The Balaban J connectivity index is 2.08. The van der Waals surface area contributed by atoms with Gasteiger partial charge in [-0.15, -0.1) is 0 Å². The van der Waals surface area contributed by atoms with Crippen LogP contribution in [0, 0.1) is 0 Å². The molecular formula is C20H27BO4. The van der Waals surface area contributed by atoms with E-state index in [0.29, 0.717) is 12.9 Å². The van der Waals surface area contributed by atoms with Crippen LogP contribution in [0.3, 0.4) is 0 Å². The third-order valence-electron chi connectivity index (χ3n) is 4.41. The lowest BCUT2D eigenvalue weighted by Gasteiger charge is -2.28. The van der Waals surface area contributed by atoms with Crippen LogP contribution in [0.5, 0.6) is 5.75 Å². The molecule has 1 aliphatic rings. The third kappa shape index (κ3) is 5.60. The zero-order chi connectivity index (χ0) is 18.2. The van der Waals surface area contributed by atoms with Gasteiger partial charge in [-0.25, -0.2) is 0 Å². The molecule has 0 aliphatic carbocycles. The van der Waals surface area contributed by atoms with E-state index in [1.807, 2.05) is 30.4 Å². The van der Waals surface area contributed by atoms with Gasteiger partial charge in [-0.3, -0.25) is 0 Å². The van der Waals surface area contributed by atoms with Gasteiger partial charge in [0.1, 0.15) is 5.75 Å². The lowest BCUT2D eigenvalue weighted by molar-refractivity contribution is 0.176. The summed E-state index contributed by atoms with van der Waals surface area (Å²) in [7, 11) is 0.875. The van der Waals surface area contributed by atoms with Crippen LogP contribution in [0.1, 0.15) is 31.7 Å². The molecule has 2 rings (SSSR count). The Kier molecular flexibility index (Phi) is 7.50. The molecule has 0 saturated heterocycles. The topological polar surface area (TPSA) is 58.9 Å². The molecule has 0 saturated carbocycles. The normalized spacial score (nSPS) is 18.2. The lowest BCUT2D eigenvalue weighted by atomic mass is 9.78. The number of hydrogen-bond donors (Lipinski definition) is 2. The Labute approximate surface area is 150 Å². The van der Waals surface area contributed by atoms with E-state index in [1.165, 1.54) is 5.57 Å². The van der Waals surface area contributed by atoms with Crippen molar-refractivity contribution in [3.63, 3.8) is 0 Å². The van der Waals surface area contributed by atoms with E-state index in [1.54, 1.807) is 13.2 Å². The first-order chi connectivity index (χ1) is 12.0. The number of aromatic hydroxyl groups is 1. The summed E-state index contributed by atoms with van der Waals surface area (Å²) in [5.41, 5.74) is 3.96. The molecule has 1 heterocycles. The number of para-hydroxylation sites is 1. The Morgan fingerprint density at radius 1 is 1.44 bits per heavy atom. The van der Waals surface area contributed by atoms with Crippen molar-refractivity contribution >= 4 is 13.2 Å². The first kappa shape index (κ1) is 19.5. The zero-order valence-electron chi connectivity index (χ0n) is 15.1. The van der Waals surface area contributed by atoms with Crippen LogP contribution in [0.4, 0.5) is 0 Å². The third-order valence-corrected chi connectivity index (χ3v) is 4.41. The first-order valence-corrected chi connectivity index (χ1v) is 8.73. The Morgan fingerprint density at radius 2 is 2.20 bits per heavy atom. The standard InChI is InChI=1S/C20H27BO4/c1-4-16(13-17-7-5-6-8-19(17)22)9-10-20-18(15(2)14-24-3)11-12-21(23)25-20/h5-8,11,13,20,22-23H,2,4,9-10,12,14H2,1,3H3/b16-13+. The molecule has 0 amide bonds. The summed E-state index contributed by atoms with van der Waals surface area (Å²) in [6.45, 7) is 6.62. The average molecular weight is 342 g/mol. The van der Waals surface area contributed by atoms with Gasteiger partial charge in [-0.05, 0) is 36.5 Å². The van der Waals surface area contributed by atoms with Crippen molar-refractivity contribution in [3.05, 3.63) is 59.2 Å². The fourth-order valence-electron chi connectivity index (χ4n) is 3.03. The predicted molar refractivity (Wildman–Crippen MR) is 102 cm³/mol. The Morgan fingerprint density at radius 3 is 2.88 bits per heavy atom. The molecule has 0 aromatic heterocycles. The van der Waals surface area contributed by atoms with E-state index in [0.717, 1.165) is 36.0 Å². The number of phenolic OH excluding ortho intramolecular Hbond substituents is 1. The van der Waals surface area contributed by atoms with Gasteiger partial charge in [-0.2, -0.15) is 0 Å². The molecule has 25 heavy (non-hydrogen) atoms. The van der Waals surface area contributed by atoms with Crippen molar-refractivity contribution in [2.24, 2.45) is 0 Å². The van der Waals surface area contributed by atoms with Crippen LogP contribution in [-0.2, 0) is 9.39 Å². The smallest absolute Gasteiger partial charge is 0.458 e. The number of phenols is 1. The summed E-state index contributed by atoms with van der Waals surface area (Å²) >= 11 is 0. The van der Waals surface area contributed by atoms with Gasteiger partial charge in [0.05, 0.1) is 12.7 Å². The molecule has 0 fully saturated rings. The fourth-order valence-corrected chi connectivity index (χ4v) is 3.03. The van der Waals surface area contributed by atoms with Gasteiger partial charge in [-0.1, -0.05) is 49.4 Å². The average Bonchev–Trinajstić information content (AvgIpc) is 2.60. The maximum Gasteiger partial charge on any atom is 0.458 e. The summed E-state index contributed by atoms with van der Waals surface area (Å²) in [6.07, 6.45) is 6.77. The molecule has 0 radical (unpaired) electrons. The van der Waals surface area contributed by atoms with Crippen LogP contribution >= 0.6 is 0 Å². The van der Waals surface area contributed by atoms with Crippen LogP contribution in [0.25, 0.3) is 6.08 Å². The number of rotatable bonds is 8. The molecule has 2 N–H and O–H groups in total. The van der Waals surface area contributed by atoms with Gasteiger partial charge in [0, 0.05) is 19.0 Å². The van der Waals surface area contributed by atoms with Crippen molar-refractivity contribution < 1.29 is 19.5 Å². The lowest BCUT2D eigenvalue weighted by Crippen LogP contribution is -2.32. The van der Waals surface area contributed by atoms with Crippen molar-refractivity contribution in [2.75, 3.05) is 13.7 Å². The summed E-state index contributed by atoms with van der Waals surface area (Å²) in [5.74, 6) is 0.284. The summed E-state index contributed by atoms with van der Waals surface area (Å²) < 4.78 is 10.9. The molecule has 1 unspecified atom stereocenters. The van der Waals surface area contributed by atoms with Crippen molar-refractivity contribution in [3.8, 4) is 5.75 Å². The van der Waals surface area contributed by atoms with Gasteiger partial charge in [0.2, 0.25) is 0 Å². The monoisotopic (exact) mass is 342 g/mol. The molecule has 134 valence electrons. The van der Waals surface area contributed by atoms with Gasteiger partial charge >= 0.3 is 7.12 Å². The number of hydrogen-bond acceptors (Lipinski definition) is 4. The molecule has 1 aromatic carbocycles. The van der Waals surface area contributed by atoms with Gasteiger partial charge < -0.3 is 19.5 Å². The molecule has 1 aliphatic heterocycles.